The van der Waals surface area contributed by atoms with E-state index in [0.717, 1.165) is 12.1 Å². The Bertz CT molecular complexity index is 956. The van der Waals surface area contributed by atoms with E-state index in [9.17, 15) is 22.4 Å². The summed E-state index contributed by atoms with van der Waals surface area (Å²) >= 11 is 6.02. The molecule has 1 aliphatic rings. The van der Waals surface area contributed by atoms with Crippen LogP contribution in [0.15, 0.2) is 35.9 Å². The van der Waals surface area contributed by atoms with Gasteiger partial charge in [-0.25, -0.2) is 9.18 Å². The number of fused-ring (bicyclic) bond motifs is 1. The summed E-state index contributed by atoms with van der Waals surface area (Å²) in [6, 6.07) is 6.58. The molecular formula is C18H12ClF4NO3. The summed E-state index contributed by atoms with van der Waals surface area (Å²) in [5.41, 5.74) is 5.06. The first-order chi connectivity index (χ1) is 12.6. The topological polar surface area (TPSA) is 72.5 Å². The molecule has 0 spiro atoms. The van der Waals surface area contributed by atoms with Crippen LogP contribution in [-0.2, 0) is 11.3 Å². The first kappa shape index (κ1) is 19.2. The average Bonchev–Trinajstić information content (AvgIpc) is 2.58. The molecule has 0 radical (unpaired) electrons. The van der Waals surface area contributed by atoms with Gasteiger partial charge in [0, 0.05) is 28.3 Å². The highest BCUT2D eigenvalue weighted by atomic mass is 35.5. The summed E-state index contributed by atoms with van der Waals surface area (Å²) in [7, 11) is 0. The molecule has 27 heavy (non-hydrogen) atoms. The van der Waals surface area contributed by atoms with Crippen molar-refractivity contribution in [3.8, 4) is 16.9 Å². The van der Waals surface area contributed by atoms with Crippen molar-refractivity contribution in [3.63, 3.8) is 0 Å². The van der Waals surface area contributed by atoms with Gasteiger partial charge in [0.2, 0.25) is 6.10 Å². The number of hydrogen-bond acceptors (Lipinski definition) is 3. The Hall–Kier alpha value is -2.58. The Labute approximate surface area is 155 Å². The highest BCUT2D eigenvalue weighted by Crippen LogP contribution is 2.44. The summed E-state index contributed by atoms with van der Waals surface area (Å²) in [4.78, 5) is 11.2. The quantitative estimate of drug-likeness (QED) is 0.748. The van der Waals surface area contributed by atoms with Crippen molar-refractivity contribution in [1.82, 2.24) is 0 Å². The third-order valence-electron chi connectivity index (χ3n) is 4.04. The number of carboxylic acid groups (broad SMARTS) is 1. The molecule has 3 rings (SSSR count). The van der Waals surface area contributed by atoms with Gasteiger partial charge in [0.15, 0.2) is 0 Å². The van der Waals surface area contributed by atoms with Crippen LogP contribution >= 0.6 is 11.6 Å². The number of rotatable bonds is 3. The summed E-state index contributed by atoms with van der Waals surface area (Å²) in [5.74, 6) is -2.62. The molecule has 0 fully saturated rings. The van der Waals surface area contributed by atoms with Gasteiger partial charge in [-0.2, -0.15) is 13.2 Å². The fourth-order valence-corrected chi connectivity index (χ4v) is 3.02. The van der Waals surface area contributed by atoms with E-state index >= 15 is 0 Å². The molecule has 0 saturated heterocycles. The lowest BCUT2D eigenvalue weighted by molar-refractivity contribution is -0.187. The van der Waals surface area contributed by atoms with E-state index in [2.05, 4.69) is 0 Å². The lowest BCUT2D eigenvalue weighted by Gasteiger charge is -2.28. The second-order valence-electron chi connectivity index (χ2n) is 5.83. The predicted octanol–water partition coefficient (Wildman–Crippen LogP) is 4.40. The smallest absolute Gasteiger partial charge is 0.430 e. The highest BCUT2D eigenvalue weighted by molar-refractivity contribution is 6.31. The highest BCUT2D eigenvalue weighted by Gasteiger charge is 2.48. The molecular weight excluding hydrogens is 390 g/mol. The zero-order valence-electron chi connectivity index (χ0n) is 13.5. The molecule has 9 heteroatoms. The van der Waals surface area contributed by atoms with Crippen LogP contribution in [0, 0.1) is 5.82 Å². The number of halogens is 5. The summed E-state index contributed by atoms with van der Waals surface area (Å²) in [5, 5.41) is 9.23. The van der Waals surface area contributed by atoms with Gasteiger partial charge in [-0.15, -0.1) is 0 Å². The average molecular weight is 402 g/mol. The Morgan fingerprint density at radius 1 is 1.26 bits per heavy atom. The molecule has 0 aromatic heterocycles. The number of hydrogen-bond donors (Lipinski definition) is 2. The maximum absolute atomic E-state index is 14.1. The van der Waals surface area contributed by atoms with Crippen LogP contribution in [0.25, 0.3) is 17.2 Å². The van der Waals surface area contributed by atoms with E-state index in [0.29, 0.717) is 0 Å². The molecule has 1 atom stereocenters. The van der Waals surface area contributed by atoms with Crippen LogP contribution in [0.2, 0.25) is 5.02 Å². The molecule has 0 amide bonds. The van der Waals surface area contributed by atoms with Gasteiger partial charge in [-0.1, -0.05) is 23.7 Å². The fourth-order valence-electron chi connectivity index (χ4n) is 2.79. The van der Waals surface area contributed by atoms with Crippen molar-refractivity contribution in [2.75, 3.05) is 0 Å². The van der Waals surface area contributed by atoms with E-state index in [1.54, 1.807) is 0 Å². The number of carboxylic acids is 1. The van der Waals surface area contributed by atoms with Crippen molar-refractivity contribution in [2.45, 2.75) is 18.8 Å². The largest absolute Gasteiger partial charge is 0.478 e. The molecule has 2 aromatic carbocycles. The third-order valence-corrected chi connectivity index (χ3v) is 4.26. The minimum Gasteiger partial charge on any atom is -0.478 e. The number of carbonyl (C=O) groups is 1. The molecule has 0 aliphatic carbocycles. The van der Waals surface area contributed by atoms with Crippen LogP contribution < -0.4 is 10.5 Å². The minimum atomic E-state index is -4.95. The lowest BCUT2D eigenvalue weighted by Crippen LogP contribution is -2.40. The number of nitrogens with two attached hydrogens (primary N) is 1. The third kappa shape index (κ3) is 3.63. The van der Waals surface area contributed by atoms with Crippen molar-refractivity contribution in [2.24, 2.45) is 5.73 Å². The van der Waals surface area contributed by atoms with E-state index < -0.39 is 29.6 Å². The number of aliphatic carboxylic acids is 1. The van der Waals surface area contributed by atoms with E-state index in [-0.39, 0.29) is 39.6 Å². The van der Waals surface area contributed by atoms with Crippen LogP contribution in [0.4, 0.5) is 17.6 Å². The molecule has 2 aromatic rings. The second kappa shape index (κ2) is 6.86. The van der Waals surface area contributed by atoms with Gasteiger partial charge in [0.1, 0.15) is 11.6 Å². The molecule has 3 N–H and O–H groups in total. The SMILES string of the molecule is NCc1ccc(-c2cc(Cl)cc3c2O[C@H](C(F)(F)F)C(C(=O)O)=C3)cc1F. The normalized spacial score (nSPS) is 16.4. The van der Waals surface area contributed by atoms with Crippen molar-refractivity contribution in [3.05, 3.63) is 57.9 Å². The van der Waals surface area contributed by atoms with Gasteiger partial charge < -0.3 is 15.6 Å². The van der Waals surface area contributed by atoms with Crippen molar-refractivity contribution < 1.29 is 32.2 Å². The number of benzene rings is 2. The monoisotopic (exact) mass is 401 g/mol. The van der Waals surface area contributed by atoms with Crippen molar-refractivity contribution >= 4 is 23.6 Å². The summed E-state index contributed by atoms with van der Waals surface area (Å²) in [6.45, 7) is -0.0445. The van der Waals surface area contributed by atoms with Crippen LogP contribution in [0.1, 0.15) is 11.1 Å². The van der Waals surface area contributed by atoms with Crippen LogP contribution in [0.3, 0.4) is 0 Å². The molecule has 4 nitrogen and oxygen atoms in total. The van der Waals surface area contributed by atoms with E-state index in [4.69, 9.17) is 27.2 Å². The minimum absolute atomic E-state index is 0.0445. The predicted molar refractivity (Wildman–Crippen MR) is 90.8 cm³/mol. The number of alkyl halides is 3. The van der Waals surface area contributed by atoms with Gasteiger partial charge in [-0.3, -0.25) is 0 Å². The van der Waals surface area contributed by atoms with Gasteiger partial charge in [0.05, 0.1) is 5.57 Å². The molecule has 0 bridgehead atoms. The second-order valence-corrected chi connectivity index (χ2v) is 6.26. The van der Waals surface area contributed by atoms with Gasteiger partial charge >= 0.3 is 12.1 Å². The van der Waals surface area contributed by atoms with Crippen molar-refractivity contribution in [1.29, 1.82) is 0 Å². The van der Waals surface area contributed by atoms with Crippen LogP contribution in [-0.4, -0.2) is 23.4 Å². The van der Waals surface area contributed by atoms with E-state index in [1.807, 2.05) is 0 Å². The molecule has 142 valence electrons. The summed E-state index contributed by atoms with van der Waals surface area (Å²) < 4.78 is 59.0. The Morgan fingerprint density at radius 3 is 2.52 bits per heavy atom. The van der Waals surface area contributed by atoms with Gasteiger partial charge in [-0.05, 0) is 29.8 Å². The van der Waals surface area contributed by atoms with Gasteiger partial charge in [0.25, 0.3) is 0 Å². The molecule has 1 aliphatic heterocycles. The first-order valence-corrected chi connectivity index (χ1v) is 8.00. The maximum atomic E-state index is 14.1. The Kier molecular flexibility index (Phi) is 4.88. The Morgan fingerprint density at radius 2 is 1.96 bits per heavy atom. The standard InChI is InChI=1S/C18H12ClF4NO3/c19-11-3-10-4-13(17(25)26)16(18(21,22)23)27-15(10)12(6-11)8-1-2-9(7-24)14(20)5-8/h1-6,16H,7,24H2,(H,25,26)/t16-/m0/s1. The molecule has 1 heterocycles. The van der Waals surface area contributed by atoms with E-state index in [1.165, 1.54) is 24.3 Å². The molecule has 0 saturated carbocycles. The Balaban J connectivity index is 2.21. The zero-order chi connectivity index (χ0) is 19.9. The zero-order valence-corrected chi connectivity index (χ0v) is 14.2. The molecule has 0 unspecified atom stereocenters. The fraction of sp³-hybridized carbons (Fsp3) is 0.167. The van der Waals surface area contributed by atoms with Crippen LogP contribution in [0.5, 0.6) is 5.75 Å². The summed E-state index contributed by atoms with van der Waals surface area (Å²) in [6.07, 6.45) is -6.75. The maximum Gasteiger partial charge on any atom is 0.430 e. The first-order valence-electron chi connectivity index (χ1n) is 7.62. The number of ether oxygens (including phenoxy) is 1. The lowest BCUT2D eigenvalue weighted by atomic mass is 9.95.